The van der Waals surface area contributed by atoms with Crippen molar-refractivity contribution in [3.63, 3.8) is 0 Å². The normalized spacial score (nSPS) is 13.7. The van der Waals surface area contributed by atoms with Crippen LogP contribution in [0.15, 0.2) is 36.4 Å². The van der Waals surface area contributed by atoms with Crippen LogP contribution in [0, 0.1) is 0 Å². The first kappa shape index (κ1) is 27.3. The average molecular weight is 496 g/mol. The monoisotopic (exact) mass is 495 g/mol. The standard InChI is InChI=1S/C20H22Cl2O4.C6H13N/c1-2-3-4-9-25-18-8-6-15(11-17(18)22)13-26-19-7-5-14(10-16(19)21)12-20(23)24;7-6-4-2-1-3-5-6/h5-8,10-11H,2-4,9,12-13H2,1H3,(H,23,24);6H,1-5,7H2. The van der Waals surface area contributed by atoms with E-state index in [0.29, 0.717) is 46.4 Å². The predicted molar refractivity (Wildman–Crippen MR) is 135 cm³/mol. The summed E-state index contributed by atoms with van der Waals surface area (Å²) in [5.74, 6) is 0.265. The molecule has 0 aromatic heterocycles. The van der Waals surface area contributed by atoms with Crippen LogP contribution in [-0.4, -0.2) is 23.7 Å². The third-order valence-corrected chi connectivity index (χ3v) is 5.99. The highest BCUT2D eigenvalue weighted by Crippen LogP contribution is 2.29. The summed E-state index contributed by atoms with van der Waals surface area (Å²) in [7, 11) is 0. The molecule has 3 N–H and O–H groups in total. The van der Waals surface area contributed by atoms with Crippen molar-refractivity contribution in [1.29, 1.82) is 0 Å². The molecule has 2 aromatic rings. The lowest BCUT2D eigenvalue weighted by molar-refractivity contribution is -0.136. The lowest BCUT2D eigenvalue weighted by Crippen LogP contribution is -2.22. The van der Waals surface area contributed by atoms with E-state index < -0.39 is 5.97 Å². The molecular weight excluding hydrogens is 461 g/mol. The van der Waals surface area contributed by atoms with Gasteiger partial charge in [-0.2, -0.15) is 0 Å². The lowest BCUT2D eigenvalue weighted by Gasteiger charge is -2.15. The van der Waals surface area contributed by atoms with Crippen LogP contribution < -0.4 is 15.2 Å². The highest BCUT2D eigenvalue weighted by Gasteiger charge is 2.08. The SMILES string of the molecule is CCCCCOc1ccc(COc2ccc(CC(=O)O)cc2Cl)cc1Cl.NC1CCCCC1. The first-order valence-corrected chi connectivity index (χ1v) is 12.4. The Bertz CT molecular complexity index is 869. The smallest absolute Gasteiger partial charge is 0.307 e. The summed E-state index contributed by atoms with van der Waals surface area (Å²) in [6.07, 6.45) is 9.88. The Morgan fingerprint density at radius 1 is 0.970 bits per heavy atom. The first-order chi connectivity index (χ1) is 15.9. The number of halogens is 2. The fourth-order valence-electron chi connectivity index (χ4n) is 3.53. The number of carbonyl (C=O) groups is 1. The van der Waals surface area contributed by atoms with E-state index in [1.807, 2.05) is 18.2 Å². The summed E-state index contributed by atoms with van der Waals surface area (Å²) in [6, 6.07) is 11.0. The van der Waals surface area contributed by atoms with Gasteiger partial charge in [0, 0.05) is 6.04 Å². The number of unbranched alkanes of at least 4 members (excludes halogenated alkanes) is 2. The summed E-state index contributed by atoms with van der Waals surface area (Å²) >= 11 is 12.4. The molecule has 1 fully saturated rings. The second-order valence-electron chi connectivity index (χ2n) is 8.34. The van der Waals surface area contributed by atoms with Gasteiger partial charge >= 0.3 is 5.97 Å². The molecule has 1 aliphatic rings. The van der Waals surface area contributed by atoms with Crippen LogP contribution >= 0.6 is 23.2 Å². The Morgan fingerprint density at radius 3 is 2.12 bits per heavy atom. The molecule has 0 unspecified atom stereocenters. The minimum atomic E-state index is -0.902. The van der Waals surface area contributed by atoms with Crippen molar-refractivity contribution in [2.75, 3.05) is 6.61 Å². The number of nitrogens with two attached hydrogens (primary N) is 1. The molecule has 0 aliphatic heterocycles. The number of carboxylic acid groups (broad SMARTS) is 1. The van der Waals surface area contributed by atoms with E-state index in [-0.39, 0.29) is 6.42 Å². The van der Waals surface area contributed by atoms with E-state index >= 15 is 0 Å². The molecule has 1 aliphatic carbocycles. The molecule has 33 heavy (non-hydrogen) atoms. The second-order valence-corrected chi connectivity index (χ2v) is 9.16. The van der Waals surface area contributed by atoms with Gasteiger partial charge in [0.05, 0.1) is 23.1 Å². The van der Waals surface area contributed by atoms with Crippen LogP contribution in [0.4, 0.5) is 0 Å². The topological polar surface area (TPSA) is 81.8 Å². The minimum absolute atomic E-state index is 0.0741. The second kappa shape index (κ2) is 15.0. The van der Waals surface area contributed by atoms with Gasteiger partial charge in [-0.05, 0) is 54.7 Å². The van der Waals surface area contributed by atoms with Gasteiger partial charge in [0.1, 0.15) is 18.1 Å². The van der Waals surface area contributed by atoms with Gasteiger partial charge in [0.15, 0.2) is 0 Å². The zero-order valence-electron chi connectivity index (χ0n) is 19.3. The van der Waals surface area contributed by atoms with Crippen molar-refractivity contribution in [1.82, 2.24) is 0 Å². The molecule has 0 atom stereocenters. The molecule has 1 saturated carbocycles. The van der Waals surface area contributed by atoms with E-state index in [9.17, 15) is 4.79 Å². The molecule has 0 saturated heterocycles. The molecule has 7 heteroatoms. The van der Waals surface area contributed by atoms with Crippen molar-refractivity contribution in [2.45, 2.75) is 77.4 Å². The van der Waals surface area contributed by atoms with Crippen molar-refractivity contribution >= 4 is 29.2 Å². The Labute approximate surface area is 207 Å². The van der Waals surface area contributed by atoms with E-state index in [0.717, 1.165) is 24.8 Å². The van der Waals surface area contributed by atoms with E-state index in [1.54, 1.807) is 18.2 Å². The number of hydrogen-bond acceptors (Lipinski definition) is 4. The van der Waals surface area contributed by atoms with Crippen molar-refractivity contribution in [2.24, 2.45) is 5.73 Å². The highest BCUT2D eigenvalue weighted by atomic mass is 35.5. The zero-order chi connectivity index (χ0) is 24.1. The molecule has 5 nitrogen and oxygen atoms in total. The molecular formula is C26H35Cl2NO4. The minimum Gasteiger partial charge on any atom is -0.492 e. The third kappa shape index (κ3) is 10.7. The summed E-state index contributed by atoms with van der Waals surface area (Å²) in [4.78, 5) is 10.7. The van der Waals surface area contributed by atoms with Crippen LogP contribution in [0.25, 0.3) is 0 Å². The predicted octanol–water partition coefficient (Wildman–Crippen LogP) is 7.05. The molecule has 182 valence electrons. The Balaban J connectivity index is 0.000000468. The number of benzene rings is 2. The van der Waals surface area contributed by atoms with Gasteiger partial charge < -0.3 is 20.3 Å². The van der Waals surface area contributed by atoms with Gasteiger partial charge in [0.25, 0.3) is 0 Å². The van der Waals surface area contributed by atoms with E-state index in [1.165, 1.54) is 32.1 Å². The highest BCUT2D eigenvalue weighted by molar-refractivity contribution is 6.32. The van der Waals surface area contributed by atoms with Crippen LogP contribution in [0.3, 0.4) is 0 Å². The number of hydrogen-bond donors (Lipinski definition) is 2. The largest absolute Gasteiger partial charge is 0.492 e. The maximum absolute atomic E-state index is 10.7. The molecule has 2 aromatic carbocycles. The number of ether oxygens (including phenoxy) is 2. The maximum atomic E-state index is 10.7. The number of rotatable bonds is 10. The van der Waals surface area contributed by atoms with E-state index in [2.05, 4.69) is 6.92 Å². The number of aliphatic carboxylic acids is 1. The van der Waals surface area contributed by atoms with Crippen LogP contribution in [-0.2, 0) is 17.8 Å². The van der Waals surface area contributed by atoms with Crippen LogP contribution in [0.1, 0.15) is 69.4 Å². The summed E-state index contributed by atoms with van der Waals surface area (Å²) in [5, 5.41) is 9.74. The summed E-state index contributed by atoms with van der Waals surface area (Å²) in [5.41, 5.74) is 7.15. The number of carboxylic acids is 1. The van der Waals surface area contributed by atoms with Gasteiger partial charge in [-0.25, -0.2) is 0 Å². The average Bonchev–Trinajstić information content (AvgIpc) is 2.78. The molecule has 0 heterocycles. The third-order valence-electron chi connectivity index (χ3n) is 5.40. The van der Waals surface area contributed by atoms with Crippen molar-refractivity contribution in [3.05, 3.63) is 57.6 Å². The Kier molecular flexibility index (Phi) is 12.4. The van der Waals surface area contributed by atoms with Crippen molar-refractivity contribution in [3.8, 4) is 11.5 Å². The fraction of sp³-hybridized carbons (Fsp3) is 0.500. The molecule has 0 spiro atoms. The molecule has 0 amide bonds. The summed E-state index contributed by atoms with van der Waals surface area (Å²) in [6.45, 7) is 3.10. The van der Waals surface area contributed by atoms with Crippen LogP contribution in [0.5, 0.6) is 11.5 Å². The quantitative estimate of drug-likeness (QED) is 0.345. The fourth-order valence-corrected chi connectivity index (χ4v) is 4.04. The molecule has 0 bridgehead atoms. The lowest BCUT2D eigenvalue weighted by atomic mass is 9.97. The Morgan fingerprint density at radius 2 is 1.58 bits per heavy atom. The Hall–Kier alpha value is -1.95. The van der Waals surface area contributed by atoms with E-state index in [4.69, 9.17) is 43.5 Å². The maximum Gasteiger partial charge on any atom is 0.307 e. The molecule has 0 radical (unpaired) electrons. The first-order valence-electron chi connectivity index (χ1n) is 11.7. The van der Waals surface area contributed by atoms with Gasteiger partial charge in [-0.1, -0.05) is 74.4 Å². The zero-order valence-corrected chi connectivity index (χ0v) is 20.8. The van der Waals surface area contributed by atoms with Gasteiger partial charge in [-0.3, -0.25) is 4.79 Å². The van der Waals surface area contributed by atoms with Crippen molar-refractivity contribution < 1.29 is 19.4 Å². The van der Waals surface area contributed by atoms with Gasteiger partial charge in [-0.15, -0.1) is 0 Å². The van der Waals surface area contributed by atoms with Crippen LogP contribution in [0.2, 0.25) is 10.0 Å². The van der Waals surface area contributed by atoms with Gasteiger partial charge in [0.2, 0.25) is 0 Å². The molecule has 3 rings (SSSR count). The summed E-state index contributed by atoms with van der Waals surface area (Å²) < 4.78 is 11.4.